The molecule has 0 amide bonds. The van der Waals surface area contributed by atoms with Crippen molar-refractivity contribution in [1.82, 2.24) is 0 Å². The van der Waals surface area contributed by atoms with Crippen LogP contribution in [-0.2, 0) is 4.74 Å². The molecule has 0 heterocycles. The maximum absolute atomic E-state index is 9.92. The summed E-state index contributed by atoms with van der Waals surface area (Å²) in [4.78, 5) is -0.857. The minimum Gasteiger partial charge on any atom is -0.393 e. The molecular formula is C17H20Cl2O2. The summed E-state index contributed by atoms with van der Waals surface area (Å²) in [6.45, 7) is 2.16. The highest BCUT2D eigenvalue weighted by molar-refractivity contribution is 6.31. The summed E-state index contributed by atoms with van der Waals surface area (Å²) >= 11 is 12.5. The number of allylic oxidation sites excluding steroid dienone is 2. The number of aliphatic hydroxyl groups is 1. The number of hydrogen-bond donors (Lipinski definition) is 1. The Morgan fingerprint density at radius 1 is 1.24 bits per heavy atom. The Bertz CT molecular complexity index is 523. The van der Waals surface area contributed by atoms with Crippen LogP contribution in [-0.4, -0.2) is 34.7 Å². The van der Waals surface area contributed by atoms with Gasteiger partial charge in [-0.2, -0.15) is 0 Å². The lowest BCUT2D eigenvalue weighted by Crippen LogP contribution is -2.53. The molecule has 0 saturated carbocycles. The molecule has 1 aliphatic carbocycles. The van der Waals surface area contributed by atoms with Crippen LogP contribution in [0.3, 0.4) is 0 Å². The van der Waals surface area contributed by atoms with Crippen molar-refractivity contribution in [2.75, 3.05) is 19.1 Å². The number of hydrogen-bond acceptors (Lipinski definition) is 2. The van der Waals surface area contributed by atoms with Gasteiger partial charge in [0, 0.05) is 12.5 Å². The van der Waals surface area contributed by atoms with Crippen molar-refractivity contribution in [3.8, 4) is 0 Å². The molecule has 1 aromatic carbocycles. The Labute approximate surface area is 136 Å². The molecule has 2 atom stereocenters. The number of alkyl halides is 2. The van der Waals surface area contributed by atoms with Crippen LogP contribution in [0, 0.1) is 0 Å². The first-order valence-corrected chi connectivity index (χ1v) is 7.94. The van der Waals surface area contributed by atoms with Crippen LogP contribution in [0.25, 0.3) is 5.57 Å². The molecule has 4 heteroatoms. The molecule has 0 bridgehead atoms. The molecule has 0 saturated heterocycles. The highest BCUT2D eigenvalue weighted by Crippen LogP contribution is 2.46. The summed E-state index contributed by atoms with van der Waals surface area (Å²) < 4.78 is 5.93. The van der Waals surface area contributed by atoms with E-state index < -0.39 is 10.5 Å². The molecule has 0 fully saturated rings. The minimum atomic E-state index is -0.944. The lowest BCUT2D eigenvalue weighted by atomic mass is 9.76. The fourth-order valence-corrected chi connectivity index (χ4v) is 3.02. The summed E-state index contributed by atoms with van der Waals surface area (Å²) in [5, 5.41) is 9.92. The first kappa shape index (κ1) is 16.6. The van der Waals surface area contributed by atoms with E-state index in [0.29, 0.717) is 18.9 Å². The largest absolute Gasteiger partial charge is 0.393 e. The van der Waals surface area contributed by atoms with Crippen molar-refractivity contribution in [3.63, 3.8) is 0 Å². The average molecular weight is 327 g/mol. The second-order valence-corrected chi connectivity index (χ2v) is 6.38. The molecule has 114 valence electrons. The van der Waals surface area contributed by atoms with Gasteiger partial charge in [-0.25, -0.2) is 0 Å². The molecule has 0 aromatic heterocycles. The maximum atomic E-state index is 9.92. The molecule has 2 nitrogen and oxygen atoms in total. The number of benzene rings is 1. The van der Waals surface area contributed by atoms with E-state index >= 15 is 0 Å². The topological polar surface area (TPSA) is 29.5 Å². The minimum absolute atomic E-state index is 0.185. The van der Waals surface area contributed by atoms with Gasteiger partial charge in [-0.05, 0) is 30.6 Å². The quantitative estimate of drug-likeness (QED) is 0.632. The van der Waals surface area contributed by atoms with E-state index in [1.165, 1.54) is 0 Å². The number of rotatable bonds is 6. The molecular weight excluding hydrogens is 307 g/mol. The molecule has 0 spiro atoms. The summed E-state index contributed by atoms with van der Waals surface area (Å²) in [6.07, 6.45) is 6.42. The van der Waals surface area contributed by atoms with Gasteiger partial charge in [0.15, 0.2) is 0 Å². The van der Waals surface area contributed by atoms with Crippen LogP contribution in [0.15, 0.2) is 48.6 Å². The highest BCUT2D eigenvalue weighted by atomic mass is 35.5. The van der Waals surface area contributed by atoms with E-state index in [9.17, 15) is 5.11 Å². The summed E-state index contributed by atoms with van der Waals surface area (Å²) in [5.41, 5.74) is 1.02. The SMILES string of the molecule is CC1(Cl)C(c2ccccc2)=CC=CC1(CO)OCCCCl. The Morgan fingerprint density at radius 3 is 2.57 bits per heavy atom. The standard InChI is InChI=1S/C17H20Cl2O2/c1-16(19)15(14-7-3-2-4-8-14)9-5-10-17(16,13-20)21-12-6-11-18/h2-5,7-10,20H,6,11-13H2,1H3. The van der Waals surface area contributed by atoms with Gasteiger partial charge in [-0.3, -0.25) is 0 Å². The van der Waals surface area contributed by atoms with E-state index in [1.807, 2.05) is 55.5 Å². The zero-order valence-electron chi connectivity index (χ0n) is 12.1. The summed E-state index contributed by atoms with van der Waals surface area (Å²) in [7, 11) is 0. The zero-order valence-corrected chi connectivity index (χ0v) is 13.6. The lowest BCUT2D eigenvalue weighted by Gasteiger charge is -2.44. The van der Waals surface area contributed by atoms with Gasteiger partial charge in [-0.1, -0.05) is 42.5 Å². The monoisotopic (exact) mass is 326 g/mol. The van der Waals surface area contributed by atoms with Crippen LogP contribution in [0.4, 0.5) is 0 Å². The van der Waals surface area contributed by atoms with Gasteiger partial charge < -0.3 is 9.84 Å². The summed E-state index contributed by atoms with van der Waals surface area (Å²) in [6, 6.07) is 9.91. The average Bonchev–Trinajstić information content (AvgIpc) is 2.50. The van der Waals surface area contributed by atoms with Crippen molar-refractivity contribution >= 4 is 28.8 Å². The first-order valence-electron chi connectivity index (χ1n) is 7.02. The van der Waals surface area contributed by atoms with Crippen LogP contribution < -0.4 is 0 Å². The van der Waals surface area contributed by atoms with E-state index in [2.05, 4.69) is 0 Å². The third kappa shape index (κ3) is 3.19. The molecule has 0 aliphatic heterocycles. The first-order chi connectivity index (χ1) is 10.1. The van der Waals surface area contributed by atoms with Gasteiger partial charge >= 0.3 is 0 Å². The van der Waals surface area contributed by atoms with Crippen LogP contribution in [0.5, 0.6) is 0 Å². The Morgan fingerprint density at radius 2 is 1.95 bits per heavy atom. The van der Waals surface area contributed by atoms with Crippen molar-refractivity contribution in [2.45, 2.75) is 23.8 Å². The lowest BCUT2D eigenvalue weighted by molar-refractivity contribution is -0.0577. The molecule has 0 radical (unpaired) electrons. The van der Waals surface area contributed by atoms with Crippen LogP contribution >= 0.6 is 23.2 Å². The van der Waals surface area contributed by atoms with Crippen molar-refractivity contribution in [3.05, 3.63) is 54.1 Å². The maximum Gasteiger partial charge on any atom is 0.132 e. The highest BCUT2D eigenvalue weighted by Gasteiger charge is 2.50. The van der Waals surface area contributed by atoms with E-state index in [-0.39, 0.29) is 6.61 Å². The van der Waals surface area contributed by atoms with Crippen LogP contribution in [0.1, 0.15) is 18.9 Å². The Hall–Kier alpha value is -0.800. The van der Waals surface area contributed by atoms with E-state index in [0.717, 1.165) is 11.1 Å². The third-order valence-electron chi connectivity index (χ3n) is 3.89. The Kier molecular flexibility index (Phi) is 5.50. The fraction of sp³-hybridized carbons (Fsp3) is 0.412. The molecule has 2 rings (SSSR count). The molecule has 21 heavy (non-hydrogen) atoms. The Balaban J connectivity index is 2.34. The summed E-state index contributed by atoms with van der Waals surface area (Å²) in [5.74, 6) is 0.519. The molecule has 1 aromatic rings. The fourth-order valence-electron chi connectivity index (χ4n) is 2.57. The second-order valence-electron chi connectivity index (χ2n) is 5.25. The van der Waals surface area contributed by atoms with Gasteiger partial charge in [0.05, 0.1) is 6.61 Å². The smallest absolute Gasteiger partial charge is 0.132 e. The molecule has 2 unspecified atom stereocenters. The number of aliphatic hydroxyl groups excluding tert-OH is 1. The van der Waals surface area contributed by atoms with Crippen molar-refractivity contribution < 1.29 is 9.84 Å². The number of ether oxygens (including phenoxy) is 1. The third-order valence-corrected chi connectivity index (χ3v) is 4.68. The van der Waals surface area contributed by atoms with Gasteiger partial charge in [0.1, 0.15) is 10.5 Å². The van der Waals surface area contributed by atoms with Crippen molar-refractivity contribution in [1.29, 1.82) is 0 Å². The van der Waals surface area contributed by atoms with E-state index in [4.69, 9.17) is 27.9 Å². The molecule has 1 aliphatic rings. The predicted molar refractivity (Wildman–Crippen MR) is 88.9 cm³/mol. The zero-order chi connectivity index (χ0) is 15.3. The van der Waals surface area contributed by atoms with Gasteiger partial charge in [0.2, 0.25) is 0 Å². The molecule has 1 N–H and O–H groups in total. The van der Waals surface area contributed by atoms with Crippen molar-refractivity contribution in [2.24, 2.45) is 0 Å². The second kappa shape index (κ2) is 6.97. The van der Waals surface area contributed by atoms with Gasteiger partial charge in [-0.15, -0.1) is 23.2 Å². The predicted octanol–water partition coefficient (Wildman–Crippen LogP) is 4.01. The van der Waals surface area contributed by atoms with Gasteiger partial charge in [0.25, 0.3) is 0 Å². The van der Waals surface area contributed by atoms with Crippen LogP contribution in [0.2, 0.25) is 0 Å². The number of halogens is 2. The normalized spacial score (nSPS) is 28.5. The van der Waals surface area contributed by atoms with E-state index in [1.54, 1.807) is 0 Å².